The summed E-state index contributed by atoms with van der Waals surface area (Å²) in [4.78, 5) is 16.4. The highest BCUT2D eigenvalue weighted by atomic mass is 32.2. The number of aromatic nitrogens is 3. The van der Waals surface area contributed by atoms with Crippen LogP contribution < -0.4 is 5.32 Å². The van der Waals surface area contributed by atoms with Gasteiger partial charge in [-0.3, -0.25) is 14.8 Å². The van der Waals surface area contributed by atoms with Gasteiger partial charge in [-0.25, -0.2) is 13.4 Å². The lowest BCUT2D eigenvalue weighted by Crippen LogP contribution is -2.17. The molecule has 0 fully saturated rings. The molecule has 26 heavy (non-hydrogen) atoms. The molecule has 0 radical (unpaired) electrons. The van der Waals surface area contributed by atoms with E-state index in [-0.39, 0.29) is 10.0 Å². The Morgan fingerprint density at radius 3 is 2.62 bits per heavy atom. The number of aryl methyl sites for hydroxylation is 1. The van der Waals surface area contributed by atoms with E-state index in [4.69, 9.17) is 0 Å². The van der Waals surface area contributed by atoms with Gasteiger partial charge in [0.2, 0.25) is 0 Å². The maximum atomic E-state index is 13.0. The Hall–Kier alpha value is -2.47. The van der Waals surface area contributed by atoms with Crippen molar-refractivity contribution >= 4 is 42.4 Å². The maximum Gasteiger partial charge on any atom is 0.435 e. The van der Waals surface area contributed by atoms with Gasteiger partial charge in [-0.15, -0.1) is 0 Å². The Balaban J connectivity index is 1.93. The quantitative estimate of drug-likeness (QED) is 0.724. The van der Waals surface area contributed by atoms with Gasteiger partial charge in [-0.2, -0.15) is 18.3 Å². The van der Waals surface area contributed by atoms with Gasteiger partial charge in [0.15, 0.2) is 20.7 Å². The molecular formula is C14H11F3N4O3S2. The highest BCUT2D eigenvalue weighted by molar-refractivity contribution is 7.90. The lowest BCUT2D eigenvalue weighted by molar-refractivity contribution is -0.141. The van der Waals surface area contributed by atoms with Gasteiger partial charge < -0.3 is 0 Å². The molecule has 3 rings (SSSR count). The lowest BCUT2D eigenvalue weighted by atomic mass is 10.2. The molecule has 2 heterocycles. The summed E-state index contributed by atoms with van der Waals surface area (Å²) < 4.78 is 63.4. The molecule has 1 N–H and O–H groups in total. The van der Waals surface area contributed by atoms with Crippen LogP contribution in [0.15, 0.2) is 29.3 Å². The normalized spacial score (nSPS) is 12.5. The largest absolute Gasteiger partial charge is 0.435 e. The Kier molecular flexibility index (Phi) is 4.27. The molecule has 0 aliphatic rings. The molecule has 0 saturated carbocycles. The van der Waals surface area contributed by atoms with Crippen LogP contribution in [0.25, 0.3) is 10.2 Å². The second kappa shape index (κ2) is 6.06. The fourth-order valence-electron chi connectivity index (χ4n) is 2.22. The summed E-state index contributed by atoms with van der Waals surface area (Å²) in [5.41, 5.74) is -1.51. The highest BCUT2D eigenvalue weighted by Crippen LogP contribution is 2.32. The Labute approximate surface area is 149 Å². The van der Waals surface area contributed by atoms with Crippen LogP contribution in [0.2, 0.25) is 0 Å². The first kappa shape index (κ1) is 18.3. The average molecular weight is 404 g/mol. The molecule has 0 aliphatic carbocycles. The van der Waals surface area contributed by atoms with Crippen LogP contribution in [0, 0.1) is 0 Å². The Bertz CT molecular complexity index is 1120. The van der Waals surface area contributed by atoms with Crippen molar-refractivity contribution in [3.63, 3.8) is 0 Å². The van der Waals surface area contributed by atoms with Crippen LogP contribution in [0.3, 0.4) is 0 Å². The molecule has 0 saturated heterocycles. The van der Waals surface area contributed by atoms with Crippen molar-refractivity contribution in [3.05, 3.63) is 35.7 Å². The van der Waals surface area contributed by atoms with Crippen molar-refractivity contribution in [1.82, 2.24) is 14.8 Å². The minimum Gasteiger partial charge on any atom is -0.298 e. The van der Waals surface area contributed by atoms with Gasteiger partial charge in [0.25, 0.3) is 5.91 Å². The second-order valence-corrected chi connectivity index (χ2v) is 8.48. The number of fused-ring (bicyclic) bond motifs is 1. The minimum absolute atomic E-state index is 0.0487. The maximum absolute atomic E-state index is 13.0. The number of carbonyl (C=O) groups excluding carboxylic acids is 1. The molecule has 12 heteroatoms. The molecule has 2 aromatic heterocycles. The van der Waals surface area contributed by atoms with E-state index in [1.807, 2.05) is 0 Å². The number of hydrogen-bond acceptors (Lipinski definition) is 6. The topological polar surface area (TPSA) is 94.0 Å². The molecule has 7 nitrogen and oxygen atoms in total. The van der Waals surface area contributed by atoms with Crippen LogP contribution in [-0.4, -0.2) is 35.3 Å². The van der Waals surface area contributed by atoms with Crippen molar-refractivity contribution in [2.75, 3.05) is 11.6 Å². The van der Waals surface area contributed by atoms with E-state index in [1.165, 1.54) is 25.2 Å². The number of anilines is 1. The predicted octanol–water partition coefficient (Wildman–Crippen LogP) is 2.70. The van der Waals surface area contributed by atoms with Crippen molar-refractivity contribution in [1.29, 1.82) is 0 Å². The van der Waals surface area contributed by atoms with Gasteiger partial charge in [-0.05, 0) is 18.2 Å². The fraction of sp³-hybridized carbons (Fsp3) is 0.214. The number of benzene rings is 1. The molecule has 0 unspecified atom stereocenters. The number of halogens is 3. The van der Waals surface area contributed by atoms with Crippen LogP contribution in [-0.2, 0) is 23.1 Å². The van der Waals surface area contributed by atoms with Gasteiger partial charge in [0, 0.05) is 19.5 Å². The summed E-state index contributed by atoms with van der Waals surface area (Å²) in [5.74, 6) is -1.01. The standard InChI is InChI=1S/C14H11F3N4O3S2/c1-21-6-8(11(20-21)14(15,16)17)12(22)19-13-18-9-4-3-7(26(2,23)24)5-10(9)25-13/h3-6H,1-2H3,(H,18,19,22). The number of sulfone groups is 1. The molecule has 1 aromatic carbocycles. The zero-order chi connectivity index (χ0) is 19.3. The molecule has 1 amide bonds. The first-order valence-electron chi connectivity index (χ1n) is 6.98. The number of carbonyl (C=O) groups is 1. The summed E-state index contributed by atoms with van der Waals surface area (Å²) in [6, 6.07) is 4.22. The molecule has 0 bridgehead atoms. The van der Waals surface area contributed by atoms with E-state index in [2.05, 4.69) is 15.4 Å². The van der Waals surface area contributed by atoms with Gasteiger partial charge in [0.1, 0.15) is 0 Å². The summed E-state index contributed by atoms with van der Waals surface area (Å²) in [7, 11) is -2.14. The number of nitrogens with one attached hydrogen (secondary N) is 1. The van der Waals surface area contributed by atoms with E-state index < -0.39 is 33.2 Å². The first-order valence-corrected chi connectivity index (χ1v) is 9.69. The van der Waals surface area contributed by atoms with E-state index in [9.17, 15) is 26.4 Å². The number of rotatable bonds is 3. The van der Waals surface area contributed by atoms with Crippen LogP contribution in [0.1, 0.15) is 16.1 Å². The number of amides is 1. The van der Waals surface area contributed by atoms with Crippen molar-refractivity contribution < 1.29 is 26.4 Å². The summed E-state index contributed by atoms with van der Waals surface area (Å²) in [6.07, 6.45) is -2.75. The number of alkyl halides is 3. The molecule has 3 aromatic rings. The molecule has 0 atom stereocenters. The highest BCUT2D eigenvalue weighted by Gasteiger charge is 2.39. The van der Waals surface area contributed by atoms with Crippen LogP contribution >= 0.6 is 11.3 Å². The number of hydrogen-bond donors (Lipinski definition) is 1. The summed E-state index contributed by atoms with van der Waals surface area (Å²) in [6.45, 7) is 0. The van der Waals surface area contributed by atoms with Crippen molar-refractivity contribution in [2.45, 2.75) is 11.1 Å². The van der Waals surface area contributed by atoms with Crippen molar-refractivity contribution in [3.8, 4) is 0 Å². The summed E-state index contributed by atoms with van der Waals surface area (Å²) >= 11 is 0.955. The van der Waals surface area contributed by atoms with E-state index in [1.54, 1.807) is 0 Å². The number of thiazole rings is 1. The third-order valence-corrected chi connectivity index (χ3v) is 5.39. The molecule has 138 valence electrons. The molecular weight excluding hydrogens is 393 g/mol. The zero-order valence-electron chi connectivity index (χ0n) is 13.3. The first-order chi connectivity index (χ1) is 11.9. The zero-order valence-corrected chi connectivity index (χ0v) is 15.0. The smallest absolute Gasteiger partial charge is 0.298 e. The van der Waals surface area contributed by atoms with Gasteiger partial charge >= 0.3 is 6.18 Å². The monoisotopic (exact) mass is 404 g/mol. The van der Waals surface area contributed by atoms with E-state index in [0.29, 0.717) is 10.2 Å². The Morgan fingerprint density at radius 1 is 1.31 bits per heavy atom. The number of nitrogens with zero attached hydrogens (tertiary/aromatic N) is 3. The Morgan fingerprint density at radius 2 is 2.00 bits per heavy atom. The average Bonchev–Trinajstić information content (AvgIpc) is 3.07. The molecule has 0 aliphatic heterocycles. The van der Waals surface area contributed by atoms with Gasteiger partial charge in [0.05, 0.1) is 20.7 Å². The summed E-state index contributed by atoms with van der Waals surface area (Å²) in [5, 5.41) is 5.62. The van der Waals surface area contributed by atoms with Gasteiger partial charge in [-0.1, -0.05) is 11.3 Å². The fourth-order valence-corrected chi connectivity index (χ4v) is 3.84. The van der Waals surface area contributed by atoms with Crippen molar-refractivity contribution in [2.24, 2.45) is 7.05 Å². The predicted molar refractivity (Wildman–Crippen MR) is 88.9 cm³/mol. The lowest BCUT2D eigenvalue weighted by Gasteiger charge is -2.05. The van der Waals surface area contributed by atoms with Crippen LogP contribution in [0.5, 0.6) is 0 Å². The minimum atomic E-state index is -4.77. The third kappa shape index (κ3) is 3.55. The van der Waals surface area contributed by atoms with Crippen LogP contribution in [0.4, 0.5) is 18.3 Å². The molecule has 0 spiro atoms. The SMILES string of the molecule is Cn1cc(C(=O)Nc2nc3ccc(S(C)(=O)=O)cc3s2)c(C(F)(F)F)n1. The van der Waals surface area contributed by atoms with E-state index in [0.717, 1.165) is 28.5 Å². The third-order valence-electron chi connectivity index (χ3n) is 3.35. The van der Waals surface area contributed by atoms with E-state index >= 15 is 0 Å². The second-order valence-electron chi connectivity index (χ2n) is 5.44.